The van der Waals surface area contributed by atoms with Gasteiger partial charge >= 0.3 is 11.7 Å². The number of aromatic nitrogens is 2. The third kappa shape index (κ3) is 6.07. The summed E-state index contributed by atoms with van der Waals surface area (Å²) < 4.78 is 11.4. The number of urea groups is 1. The van der Waals surface area contributed by atoms with E-state index in [0.717, 1.165) is 9.47 Å². The zero-order valence-corrected chi connectivity index (χ0v) is 19.4. The molecule has 16 heteroatoms. The summed E-state index contributed by atoms with van der Waals surface area (Å²) in [5, 5.41) is 58.8. The van der Waals surface area contributed by atoms with Crippen molar-refractivity contribution in [1.82, 2.24) is 19.8 Å². The largest absolute Gasteiger partial charge is 0.394 e. The van der Waals surface area contributed by atoms with E-state index < -0.39 is 85.5 Å². The lowest BCUT2D eigenvalue weighted by molar-refractivity contribution is -0.130. The standard InChI is InChI=1S/C10H16N2O6.C10H14N2O6.CH4/c2*1-4-2-12(10(17)11-8(4)16)9-7(15)6(14)5(3-13)18-9;/h4-7,9,13-15H,2-3H2,1H3,(H,11,16,17);2,5-7,9,13-15H,3H2,1H3,(H,11,16,17);1H4/t4?,5-,6?,7+,9-;5-,6?,7+,9-;/m11./s1. The van der Waals surface area contributed by atoms with Gasteiger partial charge in [0.25, 0.3) is 5.56 Å². The fourth-order valence-electron chi connectivity index (χ4n) is 4.00. The topological polar surface area (TPSA) is 244 Å². The molecule has 16 nitrogen and oxygen atoms in total. The molecule has 0 spiro atoms. The number of hydrogen-bond donors (Lipinski definition) is 8. The van der Waals surface area contributed by atoms with E-state index in [2.05, 4.69) is 10.3 Å². The predicted octanol–water partition coefficient (Wildman–Crippen LogP) is -4.29. The minimum absolute atomic E-state index is 0. The van der Waals surface area contributed by atoms with Crippen molar-refractivity contribution in [2.24, 2.45) is 5.92 Å². The fourth-order valence-corrected chi connectivity index (χ4v) is 4.00. The number of aliphatic hydroxyl groups excluding tert-OH is 6. The van der Waals surface area contributed by atoms with Gasteiger partial charge in [-0.1, -0.05) is 14.4 Å². The Morgan fingerprint density at radius 3 is 1.95 bits per heavy atom. The average Bonchev–Trinajstić information content (AvgIpc) is 3.29. The molecule has 0 bridgehead atoms. The molecule has 3 aliphatic rings. The van der Waals surface area contributed by atoms with E-state index in [1.54, 1.807) is 6.92 Å². The lowest BCUT2D eigenvalue weighted by atomic mass is 10.1. The average molecular weight is 535 g/mol. The molecule has 4 heterocycles. The second-order valence-electron chi connectivity index (χ2n) is 8.78. The highest BCUT2D eigenvalue weighted by Crippen LogP contribution is 2.28. The van der Waals surface area contributed by atoms with Crippen molar-refractivity contribution in [2.75, 3.05) is 19.8 Å². The Bertz CT molecular complexity index is 1080. The highest BCUT2D eigenvalue weighted by Gasteiger charge is 2.48. The number of nitrogens with one attached hydrogen (secondary N) is 2. The summed E-state index contributed by atoms with van der Waals surface area (Å²) in [5.41, 5.74) is -1.00. The lowest BCUT2D eigenvalue weighted by Crippen LogP contribution is -2.59. The number of hydrogen-bond acceptors (Lipinski definition) is 12. The number of H-pyrrole nitrogens is 1. The first-order chi connectivity index (χ1) is 16.9. The fraction of sp³-hybridized carbons (Fsp3) is 0.714. The number of ether oxygens (including phenoxy) is 2. The first-order valence-electron chi connectivity index (χ1n) is 11.1. The molecular formula is C21H34N4O12. The van der Waals surface area contributed by atoms with Gasteiger partial charge in [0, 0.05) is 18.3 Å². The predicted molar refractivity (Wildman–Crippen MR) is 123 cm³/mol. The Morgan fingerprint density at radius 2 is 1.43 bits per heavy atom. The third-order valence-electron chi connectivity index (χ3n) is 6.17. The van der Waals surface area contributed by atoms with E-state index in [9.17, 15) is 39.6 Å². The second-order valence-corrected chi connectivity index (χ2v) is 8.78. The molecule has 1 aromatic rings. The van der Waals surface area contributed by atoms with Gasteiger partial charge in [0.2, 0.25) is 5.91 Å². The molecule has 8 N–H and O–H groups in total. The Balaban J connectivity index is 0.000000253. The van der Waals surface area contributed by atoms with Crippen molar-refractivity contribution in [2.45, 2.75) is 70.4 Å². The number of aryl methyl sites for hydroxylation is 1. The van der Waals surface area contributed by atoms with E-state index in [0.29, 0.717) is 0 Å². The monoisotopic (exact) mass is 534 g/mol. The molecule has 210 valence electrons. The number of imide groups is 1. The lowest BCUT2D eigenvalue weighted by Gasteiger charge is -2.35. The number of aromatic amines is 1. The summed E-state index contributed by atoms with van der Waals surface area (Å²) >= 11 is 0. The van der Waals surface area contributed by atoms with Gasteiger partial charge in [-0.15, -0.1) is 0 Å². The summed E-state index contributed by atoms with van der Waals surface area (Å²) in [6.45, 7) is 2.29. The highest BCUT2D eigenvalue weighted by atomic mass is 16.6. The van der Waals surface area contributed by atoms with Gasteiger partial charge < -0.3 is 40.1 Å². The zero-order chi connectivity index (χ0) is 26.9. The Labute approximate surface area is 210 Å². The number of amides is 3. The minimum atomic E-state index is -1.36. The van der Waals surface area contributed by atoms with Crippen molar-refractivity contribution < 1.29 is 49.7 Å². The number of nitrogens with zero attached hydrogens (tertiary/aromatic N) is 2. The molecule has 0 aromatic carbocycles. The van der Waals surface area contributed by atoms with Crippen molar-refractivity contribution in [3.8, 4) is 0 Å². The molecule has 3 fully saturated rings. The third-order valence-corrected chi connectivity index (χ3v) is 6.17. The van der Waals surface area contributed by atoms with E-state index in [1.807, 2.05) is 0 Å². The number of aliphatic hydroxyl groups is 6. The molecule has 1 aromatic heterocycles. The molecule has 9 atom stereocenters. The minimum Gasteiger partial charge on any atom is -0.394 e. The van der Waals surface area contributed by atoms with Crippen LogP contribution in [0, 0.1) is 12.8 Å². The second kappa shape index (κ2) is 12.2. The van der Waals surface area contributed by atoms with Gasteiger partial charge in [0.1, 0.15) is 36.6 Å². The quantitative estimate of drug-likeness (QED) is 0.183. The number of rotatable bonds is 4. The van der Waals surface area contributed by atoms with Gasteiger partial charge in [0.15, 0.2) is 12.5 Å². The smallest absolute Gasteiger partial charge is 0.330 e. The first kappa shape index (κ1) is 30.5. The number of carbonyl (C=O) groups excluding carboxylic acids is 2. The molecule has 0 saturated carbocycles. The maximum Gasteiger partial charge on any atom is 0.330 e. The summed E-state index contributed by atoms with van der Waals surface area (Å²) in [6, 6.07) is -0.673. The van der Waals surface area contributed by atoms with E-state index in [-0.39, 0.29) is 25.4 Å². The van der Waals surface area contributed by atoms with E-state index in [1.165, 1.54) is 13.1 Å². The van der Waals surface area contributed by atoms with Crippen LogP contribution < -0.4 is 16.6 Å². The van der Waals surface area contributed by atoms with E-state index in [4.69, 9.17) is 19.7 Å². The van der Waals surface area contributed by atoms with Gasteiger partial charge in [-0.25, -0.2) is 9.59 Å². The molecule has 3 saturated heterocycles. The van der Waals surface area contributed by atoms with Crippen LogP contribution in [0.5, 0.6) is 0 Å². The summed E-state index contributed by atoms with van der Waals surface area (Å²) in [6.07, 6.45) is -8.09. The van der Waals surface area contributed by atoms with Crippen molar-refractivity contribution >= 4 is 11.9 Å². The van der Waals surface area contributed by atoms with Crippen LogP contribution in [-0.4, -0.2) is 120 Å². The Hall–Kier alpha value is -2.70. The van der Waals surface area contributed by atoms with Crippen molar-refractivity contribution in [3.63, 3.8) is 0 Å². The van der Waals surface area contributed by atoms with Gasteiger partial charge in [-0.3, -0.25) is 29.4 Å². The van der Waals surface area contributed by atoms with Crippen molar-refractivity contribution in [1.29, 1.82) is 0 Å². The van der Waals surface area contributed by atoms with Crippen LogP contribution in [-0.2, 0) is 14.3 Å². The van der Waals surface area contributed by atoms with Gasteiger partial charge in [-0.2, -0.15) is 0 Å². The first-order valence-corrected chi connectivity index (χ1v) is 11.1. The SMILES string of the molecule is C.CC1CN([C@@H]2O[C@H](CO)C(O)[C@@H]2O)C(=O)NC1=O.Cc1cn([C@@H]2O[C@H](CO)C(O)[C@@H]2O)c(=O)[nH]c1=O. The molecule has 0 radical (unpaired) electrons. The number of carbonyl (C=O) groups is 2. The normalized spacial score (nSPS) is 35.5. The van der Waals surface area contributed by atoms with Crippen molar-refractivity contribution in [3.05, 3.63) is 32.6 Å². The molecule has 3 unspecified atom stereocenters. The summed E-state index contributed by atoms with van der Waals surface area (Å²) in [7, 11) is 0. The van der Waals surface area contributed by atoms with Gasteiger partial charge in [0.05, 0.1) is 19.1 Å². The van der Waals surface area contributed by atoms with Crippen LogP contribution in [0.3, 0.4) is 0 Å². The molecule has 3 amide bonds. The molecule has 37 heavy (non-hydrogen) atoms. The summed E-state index contributed by atoms with van der Waals surface area (Å²) in [5.74, 6) is -0.813. The van der Waals surface area contributed by atoms with Crippen LogP contribution in [0.1, 0.15) is 26.1 Å². The van der Waals surface area contributed by atoms with Crippen LogP contribution in [0.15, 0.2) is 15.8 Å². The molecule has 4 rings (SSSR count). The van der Waals surface area contributed by atoms with Crippen LogP contribution in [0.25, 0.3) is 0 Å². The molecule has 3 aliphatic heterocycles. The van der Waals surface area contributed by atoms with Crippen LogP contribution in [0.4, 0.5) is 4.79 Å². The molecular weight excluding hydrogens is 500 g/mol. The van der Waals surface area contributed by atoms with Gasteiger partial charge in [-0.05, 0) is 6.92 Å². The Morgan fingerprint density at radius 1 is 0.919 bits per heavy atom. The Kier molecular flexibility index (Phi) is 10.1. The zero-order valence-electron chi connectivity index (χ0n) is 19.4. The summed E-state index contributed by atoms with van der Waals surface area (Å²) in [4.78, 5) is 49.0. The maximum atomic E-state index is 11.6. The highest BCUT2D eigenvalue weighted by molar-refractivity contribution is 5.97. The van der Waals surface area contributed by atoms with E-state index >= 15 is 0 Å². The van der Waals surface area contributed by atoms with Crippen LogP contribution >= 0.6 is 0 Å². The van der Waals surface area contributed by atoms with Crippen LogP contribution in [0.2, 0.25) is 0 Å². The molecule has 0 aliphatic carbocycles. The maximum absolute atomic E-state index is 11.6.